The molecule has 0 aliphatic carbocycles. The summed E-state index contributed by atoms with van der Waals surface area (Å²) in [6.07, 6.45) is 64.6. The molecule has 406 valence electrons. The Labute approximate surface area is 426 Å². The summed E-state index contributed by atoms with van der Waals surface area (Å²) in [5.41, 5.74) is 0. The molecule has 68 heavy (non-hydrogen) atoms. The summed E-state index contributed by atoms with van der Waals surface area (Å²) >= 11 is 0. The lowest BCUT2D eigenvalue weighted by atomic mass is 10.0. The first-order valence-corrected chi connectivity index (χ1v) is 31.3. The number of rotatable bonds is 58. The number of unbranched alkanes of at least 4 members (excludes halogenated alkanes) is 46. The van der Waals surface area contributed by atoms with Gasteiger partial charge in [0, 0.05) is 6.42 Å². The fraction of sp³-hybridized carbons (Fsp3) is 0.968. The van der Waals surface area contributed by atoms with E-state index in [9.17, 15) is 19.8 Å². The predicted molar refractivity (Wildman–Crippen MR) is 297 cm³/mol. The van der Waals surface area contributed by atoms with Crippen LogP contribution in [-0.4, -0.2) is 46.9 Å². The zero-order valence-electron chi connectivity index (χ0n) is 46.5. The van der Waals surface area contributed by atoms with Crippen LogP contribution in [0.5, 0.6) is 0 Å². The number of nitrogens with one attached hydrogen (secondary N) is 1. The fourth-order valence-electron chi connectivity index (χ4n) is 10.2. The van der Waals surface area contributed by atoms with E-state index in [-0.39, 0.29) is 24.9 Å². The number of carbonyl (C=O) groups is 2. The van der Waals surface area contributed by atoms with Crippen LogP contribution in [0.25, 0.3) is 0 Å². The third-order valence-electron chi connectivity index (χ3n) is 14.9. The van der Waals surface area contributed by atoms with Crippen molar-refractivity contribution in [2.24, 2.45) is 0 Å². The van der Waals surface area contributed by atoms with Gasteiger partial charge in [0.1, 0.15) is 6.10 Å². The molecule has 0 aliphatic heterocycles. The van der Waals surface area contributed by atoms with Crippen molar-refractivity contribution >= 4 is 11.9 Å². The molecule has 0 rings (SSSR count). The number of ether oxygens (including phenoxy) is 1. The highest BCUT2D eigenvalue weighted by Crippen LogP contribution is 2.20. The van der Waals surface area contributed by atoms with E-state index >= 15 is 0 Å². The van der Waals surface area contributed by atoms with Crippen molar-refractivity contribution in [2.75, 3.05) is 6.61 Å². The summed E-state index contributed by atoms with van der Waals surface area (Å²) in [6, 6.07) is -0.694. The molecule has 1 amide bonds. The van der Waals surface area contributed by atoms with Crippen LogP contribution in [0.3, 0.4) is 0 Å². The summed E-state index contributed by atoms with van der Waals surface area (Å²) in [5.74, 6) is -0.440. The van der Waals surface area contributed by atoms with Gasteiger partial charge in [0.2, 0.25) is 5.91 Å². The highest BCUT2D eigenvalue weighted by Gasteiger charge is 2.24. The first kappa shape index (κ1) is 66.9. The highest BCUT2D eigenvalue weighted by molar-refractivity contribution is 5.77. The molecular weight excluding hydrogens is 839 g/mol. The van der Waals surface area contributed by atoms with Gasteiger partial charge in [-0.25, -0.2) is 0 Å². The number of esters is 1. The van der Waals surface area contributed by atoms with Crippen LogP contribution in [0.2, 0.25) is 0 Å². The van der Waals surface area contributed by atoms with Crippen molar-refractivity contribution in [2.45, 2.75) is 379 Å². The molecule has 0 aromatic carbocycles. The Balaban J connectivity index is 4.46. The van der Waals surface area contributed by atoms with E-state index in [2.05, 4.69) is 26.1 Å². The van der Waals surface area contributed by atoms with Crippen LogP contribution in [-0.2, 0) is 14.3 Å². The topological polar surface area (TPSA) is 95.9 Å². The number of carbonyl (C=O) groups excluding carboxylic acids is 2. The van der Waals surface area contributed by atoms with E-state index in [1.54, 1.807) is 0 Å². The number of amides is 1. The number of hydrogen-bond acceptors (Lipinski definition) is 5. The lowest BCUT2D eigenvalue weighted by molar-refractivity contribution is -0.151. The Morgan fingerprint density at radius 2 is 0.618 bits per heavy atom. The molecule has 0 fully saturated rings. The molecule has 6 nitrogen and oxygen atoms in total. The molecule has 0 heterocycles. The molecule has 0 radical (unpaired) electrons. The Bertz CT molecular complexity index is 990. The van der Waals surface area contributed by atoms with Crippen molar-refractivity contribution < 1.29 is 24.5 Å². The van der Waals surface area contributed by atoms with Crippen LogP contribution in [0.4, 0.5) is 0 Å². The van der Waals surface area contributed by atoms with E-state index < -0.39 is 18.2 Å². The lowest BCUT2D eigenvalue weighted by Gasteiger charge is -2.24. The van der Waals surface area contributed by atoms with Gasteiger partial charge < -0.3 is 20.3 Å². The van der Waals surface area contributed by atoms with Gasteiger partial charge in [0.05, 0.1) is 25.2 Å². The standard InChI is InChI=1S/C62H123NO5/c1-4-7-10-13-16-19-22-25-28-30-33-35-38-41-44-47-50-53-58(68-62(67)55-52-49-46-43-40-37-32-27-24-21-18-15-12-9-6-3)56-61(66)63-59(57-64)60(65)54-51-48-45-42-39-36-34-31-29-26-23-20-17-14-11-8-5-2/h58-60,64-65H,4-57H2,1-3H3,(H,63,66). The minimum atomic E-state index is -0.781. The Morgan fingerprint density at radius 1 is 0.368 bits per heavy atom. The van der Waals surface area contributed by atoms with Gasteiger partial charge >= 0.3 is 5.97 Å². The molecule has 3 N–H and O–H groups in total. The average molecular weight is 963 g/mol. The van der Waals surface area contributed by atoms with Crippen LogP contribution >= 0.6 is 0 Å². The number of aliphatic hydroxyl groups excluding tert-OH is 2. The maximum absolute atomic E-state index is 13.3. The SMILES string of the molecule is CCCCCCCCCCCCCCCCCCCC(CC(=O)NC(CO)C(O)CCCCCCCCCCCCCCCCCCC)OC(=O)CCCCCCCCCCCCCCCCC. The van der Waals surface area contributed by atoms with Gasteiger partial charge in [0.25, 0.3) is 0 Å². The zero-order chi connectivity index (χ0) is 49.5. The van der Waals surface area contributed by atoms with Crippen LogP contribution in [0, 0.1) is 0 Å². The summed E-state index contributed by atoms with van der Waals surface area (Å²) in [6.45, 7) is 6.55. The second-order valence-electron chi connectivity index (χ2n) is 21.8. The predicted octanol–water partition coefficient (Wildman–Crippen LogP) is 19.5. The normalized spacial score (nSPS) is 13.0. The van der Waals surface area contributed by atoms with Crippen molar-refractivity contribution in [3.8, 4) is 0 Å². The van der Waals surface area contributed by atoms with Crippen molar-refractivity contribution in [3.63, 3.8) is 0 Å². The van der Waals surface area contributed by atoms with E-state index in [4.69, 9.17) is 4.74 Å². The molecule has 0 aliphatic rings. The smallest absolute Gasteiger partial charge is 0.306 e. The minimum Gasteiger partial charge on any atom is -0.462 e. The number of aliphatic hydroxyl groups is 2. The molecule has 3 atom stereocenters. The molecule has 0 spiro atoms. The van der Waals surface area contributed by atoms with Gasteiger partial charge in [-0.3, -0.25) is 9.59 Å². The minimum absolute atomic E-state index is 0.0891. The van der Waals surface area contributed by atoms with Gasteiger partial charge in [-0.2, -0.15) is 0 Å². The summed E-state index contributed by atoms with van der Waals surface area (Å²) in [5, 5.41) is 24.0. The first-order valence-electron chi connectivity index (χ1n) is 31.3. The lowest BCUT2D eigenvalue weighted by Crippen LogP contribution is -2.46. The fourth-order valence-corrected chi connectivity index (χ4v) is 10.2. The van der Waals surface area contributed by atoms with E-state index in [0.717, 1.165) is 38.5 Å². The van der Waals surface area contributed by atoms with Crippen molar-refractivity contribution in [1.82, 2.24) is 5.32 Å². The maximum atomic E-state index is 13.3. The van der Waals surface area contributed by atoms with E-state index in [1.807, 2.05) is 0 Å². The molecule has 0 saturated heterocycles. The molecule has 0 aromatic rings. The van der Waals surface area contributed by atoms with Crippen LogP contribution < -0.4 is 5.32 Å². The Hall–Kier alpha value is -1.14. The van der Waals surface area contributed by atoms with Crippen molar-refractivity contribution in [1.29, 1.82) is 0 Å². The Morgan fingerprint density at radius 3 is 0.897 bits per heavy atom. The second kappa shape index (κ2) is 56.8. The Kier molecular flexibility index (Phi) is 55.8. The van der Waals surface area contributed by atoms with Gasteiger partial charge in [-0.15, -0.1) is 0 Å². The zero-order valence-corrected chi connectivity index (χ0v) is 46.5. The van der Waals surface area contributed by atoms with E-state index in [0.29, 0.717) is 19.3 Å². The van der Waals surface area contributed by atoms with Gasteiger partial charge in [-0.1, -0.05) is 323 Å². The quantitative estimate of drug-likeness (QED) is 0.0417. The molecule has 0 saturated carbocycles. The maximum Gasteiger partial charge on any atom is 0.306 e. The molecule has 3 unspecified atom stereocenters. The third kappa shape index (κ3) is 51.2. The van der Waals surface area contributed by atoms with Gasteiger partial charge in [0.15, 0.2) is 0 Å². The van der Waals surface area contributed by atoms with Crippen LogP contribution in [0.15, 0.2) is 0 Å². The van der Waals surface area contributed by atoms with Crippen molar-refractivity contribution in [3.05, 3.63) is 0 Å². The largest absolute Gasteiger partial charge is 0.462 e. The molecular formula is C62H123NO5. The second-order valence-corrected chi connectivity index (χ2v) is 21.8. The molecule has 0 bridgehead atoms. The first-order chi connectivity index (χ1) is 33.5. The molecule has 0 aromatic heterocycles. The third-order valence-corrected chi connectivity index (χ3v) is 14.9. The van der Waals surface area contributed by atoms with Crippen LogP contribution in [0.1, 0.15) is 361 Å². The monoisotopic (exact) mass is 962 g/mol. The average Bonchev–Trinajstić information content (AvgIpc) is 3.33. The van der Waals surface area contributed by atoms with Gasteiger partial charge in [-0.05, 0) is 25.7 Å². The highest BCUT2D eigenvalue weighted by atomic mass is 16.5. The number of hydrogen-bond donors (Lipinski definition) is 3. The summed E-state index contributed by atoms with van der Waals surface area (Å²) in [4.78, 5) is 26.3. The van der Waals surface area contributed by atoms with E-state index in [1.165, 1.54) is 276 Å². The summed E-state index contributed by atoms with van der Waals surface area (Å²) in [7, 11) is 0. The summed E-state index contributed by atoms with van der Waals surface area (Å²) < 4.78 is 5.99. The molecule has 6 heteroatoms.